The number of nitrogens with zero attached hydrogens (tertiary/aromatic N) is 3. The highest BCUT2D eigenvalue weighted by atomic mass is 35.5. The van der Waals surface area contributed by atoms with Crippen molar-refractivity contribution in [3.63, 3.8) is 0 Å². The van der Waals surface area contributed by atoms with Gasteiger partial charge < -0.3 is 0 Å². The van der Waals surface area contributed by atoms with E-state index in [9.17, 15) is 0 Å². The van der Waals surface area contributed by atoms with Crippen LogP contribution in [0.3, 0.4) is 0 Å². The van der Waals surface area contributed by atoms with Gasteiger partial charge in [-0.1, -0.05) is 46.4 Å². The second-order valence-corrected chi connectivity index (χ2v) is 4.44. The highest BCUT2D eigenvalue weighted by molar-refractivity contribution is 6.36. The number of pyridine rings is 1. The van der Waals surface area contributed by atoms with E-state index in [2.05, 4.69) is 15.0 Å². The van der Waals surface area contributed by atoms with Crippen LogP contribution < -0.4 is 0 Å². The minimum absolute atomic E-state index is 0.225. The van der Waals surface area contributed by atoms with Crippen LogP contribution in [-0.4, -0.2) is 15.0 Å². The van der Waals surface area contributed by atoms with Crippen LogP contribution in [0, 0.1) is 0 Å². The fraction of sp³-hybridized carbons (Fsp3) is 0. The van der Waals surface area contributed by atoms with Gasteiger partial charge in [0, 0.05) is 12.3 Å². The Morgan fingerprint density at radius 3 is 2.06 bits per heavy atom. The predicted octanol–water partition coefficient (Wildman–Crippen LogP) is 4.15. The molecular formula is C9H3Cl4N3. The minimum atomic E-state index is 0.225. The van der Waals surface area contributed by atoms with Crippen LogP contribution in [0.2, 0.25) is 20.4 Å². The SMILES string of the molecule is Clc1cnc(-c2nc(Cl)cc(Cl)n2)c(Cl)c1. The lowest BCUT2D eigenvalue weighted by Crippen LogP contribution is -1.93. The third-order valence-electron chi connectivity index (χ3n) is 1.68. The molecule has 0 fully saturated rings. The zero-order chi connectivity index (χ0) is 11.7. The summed E-state index contributed by atoms with van der Waals surface area (Å²) in [6, 6.07) is 2.97. The minimum Gasteiger partial charge on any atom is -0.250 e. The number of halogens is 4. The van der Waals surface area contributed by atoms with Crippen molar-refractivity contribution in [1.29, 1.82) is 0 Å². The lowest BCUT2D eigenvalue weighted by Gasteiger charge is -2.03. The van der Waals surface area contributed by atoms with Gasteiger partial charge in [-0.05, 0) is 6.07 Å². The molecule has 3 nitrogen and oxygen atoms in total. The molecule has 16 heavy (non-hydrogen) atoms. The summed E-state index contributed by atoms with van der Waals surface area (Å²) >= 11 is 23.2. The second-order valence-electron chi connectivity index (χ2n) is 2.82. The van der Waals surface area contributed by atoms with Gasteiger partial charge in [0.15, 0.2) is 5.82 Å². The third kappa shape index (κ3) is 2.55. The van der Waals surface area contributed by atoms with E-state index < -0.39 is 0 Å². The average molecular weight is 295 g/mol. The molecule has 0 aliphatic heterocycles. The highest BCUT2D eigenvalue weighted by Crippen LogP contribution is 2.27. The first-order valence-electron chi connectivity index (χ1n) is 4.08. The first-order valence-corrected chi connectivity index (χ1v) is 5.59. The second kappa shape index (κ2) is 4.72. The van der Waals surface area contributed by atoms with E-state index in [1.165, 1.54) is 12.3 Å². The maximum atomic E-state index is 5.96. The van der Waals surface area contributed by atoms with Crippen molar-refractivity contribution >= 4 is 46.4 Å². The Kier molecular flexibility index (Phi) is 3.50. The van der Waals surface area contributed by atoms with Crippen molar-refractivity contribution in [1.82, 2.24) is 15.0 Å². The first kappa shape index (κ1) is 11.9. The van der Waals surface area contributed by atoms with Gasteiger partial charge in [-0.3, -0.25) is 0 Å². The summed E-state index contributed by atoms with van der Waals surface area (Å²) in [4.78, 5) is 12.0. The van der Waals surface area contributed by atoms with E-state index in [-0.39, 0.29) is 16.1 Å². The van der Waals surface area contributed by atoms with Gasteiger partial charge in [0.2, 0.25) is 0 Å². The van der Waals surface area contributed by atoms with Crippen molar-refractivity contribution < 1.29 is 0 Å². The van der Waals surface area contributed by atoms with Crippen LogP contribution in [0.25, 0.3) is 11.5 Å². The zero-order valence-electron chi connectivity index (χ0n) is 7.59. The lowest BCUT2D eigenvalue weighted by atomic mass is 10.3. The summed E-state index contributed by atoms with van der Waals surface area (Å²) in [5.74, 6) is 0.263. The van der Waals surface area contributed by atoms with Crippen molar-refractivity contribution in [2.24, 2.45) is 0 Å². The molecule has 0 aliphatic rings. The number of hydrogen-bond acceptors (Lipinski definition) is 3. The van der Waals surface area contributed by atoms with E-state index in [1.807, 2.05) is 0 Å². The molecule has 0 amide bonds. The maximum Gasteiger partial charge on any atom is 0.182 e. The van der Waals surface area contributed by atoms with Crippen LogP contribution in [0.15, 0.2) is 18.3 Å². The molecule has 7 heteroatoms. The normalized spacial score (nSPS) is 10.5. The highest BCUT2D eigenvalue weighted by Gasteiger charge is 2.10. The van der Waals surface area contributed by atoms with Crippen LogP contribution in [-0.2, 0) is 0 Å². The van der Waals surface area contributed by atoms with Crippen LogP contribution in [0.1, 0.15) is 0 Å². The smallest absolute Gasteiger partial charge is 0.182 e. The molecule has 0 bridgehead atoms. The maximum absolute atomic E-state index is 5.96. The van der Waals surface area contributed by atoms with Gasteiger partial charge in [0.25, 0.3) is 0 Å². The molecule has 2 rings (SSSR count). The summed E-state index contributed by atoms with van der Waals surface area (Å²) in [6.45, 7) is 0. The van der Waals surface area contributed by atoms with Crippen molar-refractivity contribution in [3.05, 3.63) is 38.7 Å². The Morgan fingerprint density at radius 2 is 1.50 bits per heavy atom. The Labute approximate surface area is 111 Å². The Bertz CT molecular complexity index is 524. The fourth-order valence-corrected chi connectivity index (χ4v) is 1.96. The summed E-state index contributed by atoms with van der Waals surface area (Å²) in [6.07, 6.45) is 1.45. The molecule has 0 atom stereocenters. The van der Waals surface area contributed by atoms with Gasteiger partial charge in [0.1, 0.15) is 16.0 Å². The van der Waals surface area contributed by atoms with Gasteiger partial charge in [-0.15, -0.1) is 0 Å². The molecule has 0 aliphatic carbocycles. The van der Waals surface area contributed by atoms with Crippen molar-refractivity contribution in [3.8, 4) is 11.5 Å². The van der Waals surface area contributed by atoms with E-state index in [4.69, 9.17) is 46.4 Å². The largest absolute Gasteiger partial charge is 0.250 e. The quantitative estimate of drug-likeness (QED) is 0.742. The van der Waals surface area contributed by atoms with Gasteiger partial charge in [-0.2, -0.15) is 0 Å². The van der Waals surface area contributed by atoms with Crippen molar-refractivity contribution in [2.75, 3.05) is 0 Å². The topological polar surface area (TPSA) is 38.7 Å². The monoisotopic (exact) mass is 293 g/mol. The molecule has 2 heterocycles. The van der Waals surface area contributed by atoms with E-state index >= 15 is 0 Å². The Hall–Kier alpha value is -0.610. The summed E-state index contributed by atoms with van der Waals surface area (Å²) in [7, 11) is 0. The molecule has 0 unspecified atom stereocenters. The average Bonchev–Trinajstić information content (AvgIpc) is 2.15. The molecular weight excluding hydrogens is 292 g/mol. The standard InChI is InChI=1S/C9H3Cl4N3/c10-4-1-5(11)8(14-3-4)9-15-6(12)2-7(13)16-9/h1-3H. The summed E-state index contributed by atoms with van der Waals surface area (Å²) < 4.78 is 0. The summed E-state index contributed by atoms with van der Waals surface area (Å²) in [5.41, 5.74) is 0.385. The molecule has 0 N–H and O–H groups in total. The van der Waals surface area contributed by atoms with Gasteiger partial charge in [-0.25, -0.2) is 15.0 Å². The predicted molar refractivity (Wildman–Crippen MR) is 65.3 cm³/mol. The molecule has 2 aromatic heterocycles. The van der Waals surface area contributed by atoms with E-state index in [1.54, 1.807) is 6.07 Å². The molecule has 0 aromatic carbocycles. The van der Waals surface area contributed by atoms with Gasteiger partial charge >= 0.3 is 0 Å². The van der Waals surface area contributed by atoms with E-state index in [0.29, 0.717) is 15.7 Å². The third-order valence-corrected chi connectivity index (χ3v) is 2.57. The fourth-order valence-electron chi connectivity index (χ4n) is 1.08. The Balaban J connectivity index is 2.58. The van der Waals surface area contributed by atoms with Crippen LogP contribution in [0.4, 0.5) is 0 Å². The number of rotatable bonds is 1. The number of hydrogen-bond donors (Lipinski definition) is 0. The van der Waals surface area contributed by atoms with Crippen LogP contribution in [0.5, 0.6) is 0 Å². The molecule has 0 spiro atoms. The zero-order valence-corrected chi connectivity index (χ0v) is 10.6. The molecule has 0 saturated carbocycles. The molecule has 0 radical (unpaired) electrons. The van der Waals surface area contributed by atoms with Gasteiger partial charge in [0.05, 0.1) is 10.0 Å². The lowest BCUT2D eigenvalue weighted by molar-refractivity contribution is 1.14. The Morgan fingerprint density at radius 1 is 0.875 bits per heavy atom. The van der Waals surface area contributed by atoms with Crippen LogP contribution >= 0.6 is 46.4 Å². The first-order chi connectivity index (χ1) is 7.56. The molecule has 0 saturated heterocycles. The van der Waals surface area contributed by atoms with E-state index in [0.717, 1.165) is 0 Å². The van der Waals surface area contributed by atoms with Crippen molar-refractivity contribution in [2.45, 2.75) is 0 Å². The summed E-state index contributed by atoms with van der Waals surface area (Å²) in [5, 5.41) is 1.22. The number of aromatic nitrogens is 3. The molecule has 2 aromatic rings. The molecule has 82 valence electrons.